The molecular weight excluding hydrogens is 266 g/mol. The van der Waals surface area contributed by atoms with Crippen LogP contribution in [0.25, 0.3) is 11.1 Å². The van der Waals surface area contributed by atoms with Gasteiger partial charge in [0.25, 0.3) is 0 Å². The number of nitrogens with one attached hydrogen (secondary N) is 1. The summed E-state index contributed by atoms with van der Waals surface area (Å²) in [6, 6.07) is 9.25. The van der Waals surface area contributed by atoms with Crippen molar-refractivity contribution in [3.63, 3.8) is 0 Å². The first-order valence-electron chi connectivity index (χ1n) is 6.90. The maximum absolute atomic E-state index is 9.21. The summed E-state index contributed by atoms with van der Waals surface area (Å²) in [7, 11) is 0. The lowest BCUT2D eigenvalue weighted by Gasteiger charge is -2.05. The highest BCUT2D eigenvalue weighted by atomic mass is 16.3. The van der Waals surface area contributed by atoms with Gasteiger partial charge >= 0.3 is 0 Å². The summed E-state index contributed by atoms with van der Waals surface area (Å²) in [6.45, 7) is 4.70. The Bertz CT molecular complexity index is 748. The summed E-state index contributed by atoms with van der Waals surface area (Å²) in [5.41, 5.74) is 3.46. The van der Waals surface area contributed by atoms with Crippen LogP contribution in [0.2, 0.25) is 0 Å². The molecule has 0 atom stereocenters. The van der Waals surface area contributed by atoms with Gasteiger partial charge in [0.1, 0.15) is 11.3 Å². The molecule has 21 heavy (non-hydrogen) atoms. The number of rotatable bonds is 4. The lowest BCUT2D eigenvalue weighted by atomic mass is 10.2. The molecule has 0 unspecified atom stereocenters. The van der Waals surface area contributed by atoms with Crippen LogP contribution in [-0.4, -0.2) is 15.1 Å². The van der Waals surface area contributed by atoms with Gasteiger partial charge in [-0.3, -0.25) is 4.98 Å². The second kappa shape index (κ2) is 5.44. The molecule has 0 spiro atoms. The molecule has 3 aromatic rings. The van der Waals surface area contributed by atoms with Crippen molar-refractivity contribution in [2.24, 2.45) is 0 Å². The molecule has 0 bridgehead atoms. The van der Waals surface area contributed by atoms with E-state index in [1.54, 1.807) is 12.1 Å². The molecule has 5 heteroatoms. The molecular formula is C16H17N3O2. The van der Waals surface area contributed by atoms with Crippen molar-refractivity contribution in [2.75, 3.05) is 5.32 Å². The topological polar surface area (TPSA) is 71.2 Å². The van der Waals surface area contributed by atoms with Gasteiger partial charge in [-0.1, -0.05) is 13.8 Å². The third-order valence-electron chi connectivity index (χ3n) is 3.18. The molecule has 0 saturated heterocycles. The molecule has 2 heterocycles. The summed E-state index contributed by atoms with van der Waals surface area (Å²) in [4.78, 5) is 8.62. The van der Waals surface area contributed by atoms with Crippen LogP contribution in [0, 0.1) is 0 Å². The van der Waals surface area contributed by atoms with Crippen molar-refractivity contribution >= 4 is 16.8 Å². The van der Waals surface area contributed by atoms with Crippen LogP contribution >= 0.6 is 0 Å². The molecule has 0 fully saturated rings. The Kier molecular flexibility index (Phi) is 3.48. The highest BCUT2D eigenvalue weighted by Gasteiger charge is 2.09. The molecule has 108 valence electrons. The predicted molar refractivity (Wildman–Crippen MR) is 81.3 cm³/mol. The van der Waals surface area contributed by atoms with E-state index in [0.29, 0.717) is 6.54 Å². The number of oxazole rings is 1. The van der Waals surface area contributed by atoms with Gasteiger partial charge in [0.15, 0.2) is 11.5 Å². The molecule has 0 aliphatic heterocycles. The Labute approximate surface area is 122 Å². The highest BCUT2D eigenvalue weighted by Crippen LogP contribution is 2.24. The van der Waals surface area contributed by atoms with Gasteiger partial charge in [0, 0.05) is 11.6 Å². The summed E-state index contributed by atoms with van der Waals surface area (Å²) < 4.78 is 5.68. The van der Waals surface area contributed by atoms with Crippen molar-refractivity contribution in [2.45, 2.75) is 26.3 Å². The molecule has 3 rings (SSSR count). The van der Waals surface area contributed by atoms with Crippen molar-refractivity contribution in [3.8, 4) is 5.75 Å². The van der Waals surface area contributed by atoms with E-state index in [9.17, 15) is 5.11 Å². The number of aromatic hydroxyl groups is 1. The van der Waals surface area contributed by atoms with Crippen LogP contribution in [0.15, 0.2) is 40.9 Å². The summed E-state index contributed by atoms with van der Waals surface area (Å²) in [5, 5.41) is 12.5. The fraction of sp³-hybridized carbons (Fsp3) is 0.250. The van der Waals surface area contributed by atoms with Gasteiger partial charge in [0.2, 0.25) is 0 Å². The van der Waals surface area contributed by atoms with Crippen molar-refractivity contribution < 1.29 is 9.52 Å². The fourth-order valence-electron chi connectivity index (χ4n) is 2.02. The van der Waals surface area contributed by atoms with Crippen LogP contribution in [-0.2, 0) is 6.54 Å². The SMILES string of the molecule is CC(C)c1nc2cc(NCc3ccc(O)cn3)ccc2o1. The average molecular weight is 283 g/mol. The van der Waals surface area contributed by atoms with Crippen LogP contribution in [0.4, 0.5) is 5.69 Å². The minimum atomic E-state index is 0.170. The number of pyridine rings is 1. The van der Waals surface area contributed by atoms with E-state index >= 15 is 0 Å². The standard InChI is InChI=1S/C16H17N3O2/c1-10(2)16-19-14-7-11(4-6-15(14)21-16)17-8-12-3-5-13(20)9-18-12/h3-7,9-10,17,20H,8H2,1-2H3. The zero-order chi connectivity index (χ0) is 14.8. The second-order valence-corrected chi connectivity index (χ2v) is 5.25. The Balaban J connectivity index is 1.76. The molecule has 5 nitrogen and oxygen atoms in total. The largest absolute Gasteiger partial charge is 0.506 e. The maximum atomic E-state index is 9.21. The third-order valence-corrected chi connectivity index (χ3v) is 3.18. The van der Waals surface area contributed by atoms with Crippen LogP contribution in [0.3, 0.4) is 0 Å². The number of benzene rings is 1. The molecule has 0 aliphatic carbocycles. The first-order valence-corrected chi connectivity index (χ1v) is 6.90. The molecule has 2 N–H and O–H groups in total. The maximum Gasteiger partial charge on any atom is 0.198 e. The van der Waals surface area contributed by atoms with E-state index in [1.165, 1.54) is 6.20 Å². The first-order chi connectivity index (χ1) is 10.1. The number of anilines is 1. The van der Waals surface area contributed by atoms with Gasteiger partial charge < -0.3 is 14.8 Å². The Morgan fingerprint density at radius 2 is 2.10 bits per heavy atom. The van der Waals surface area contributed by atoms with Gasteiger partial charge in [-0.05, 0) is 30.3 Å². The molecule has 0 radical (unpaired) electrons. The fourth-order valence-corrected chi connectivity index (χ4v) is 2.02. The van der Waals surface area contributed by atoms with E-state index in [4.69, 9.17) is 4.42 Å². The van der Waals surface area contributed by atoms with E-state index in [-0.39, 0.29) is 11.7 Å². The quantitative estimate of drug-likeness (QED) is 0.764. The molecule has 0 aliphatic rings. The van der Waals surface area contributed by atoms with E-state index in [0.717, 1.165) is 28.4 Å². The lowest BCUT2D eigenvalue weighted by Crippen LogP contribution is -2.00. The molecule has 0 saturated carbocycles. The van der Waals surface area contributed by atoms with Crippen molar-refractivity contribution in [1.29, 1.82) is 0 Å². The van der Waals surface area contributed by atoms with E-state index in [2.05, 4.69) is 29.1 Å². The second-order valence-electron chi connectivity index (χ2n) is 5.25. The first kappa shape index (κ1) is 13.4. The van der Waals surface area contributed by atoms with Crippen molar-refractivity contribution in [1.82, 2.24) is 9.97 Å². The number of aromatic nitrogens is 2. The normalized spacial score (nSPS) is 11.2. The monoisotopic (exact) mass is 283 g/mol. The number of nitrogens with zero attached hydrogens (tertiary/aromatic N) is 2. The summed E-state index contributed by atoms with van der Waals surface area (Å²) in [5.74, 6) is 1.20. The number of fused-ring (bicyclic) bond motifs is 1. The molecule has 2 aromatic heterocycles. The lowest BCUT2D eigenvalue weighted by molar-refractivity contribution is 0.472. The van der Waals surface area contributed by atoms with Crippen LogP contribution in [0.5, 0.6) is 5.75 Å². The van der Waals surface area contributed by atoms with Gasteiger partial charge in [-0.25, -0.2) is 4.98 Å². The zero-order valence-corrected chi connectivity index (χ0v) is 12.0. The van der Waals surface area contributed by atoms with Crippen molar-refractivity contribution in [3.05, 3.63) is 48.1 Å². The summed E-state index contributed by atoms with van der Waals surface area (Å²) in [6.07, 6.45) is 1.44. The molecule has 1 aromatic carbocycles. The highest BCUT2D eigenvalue weighted by molar-refractivity contribution is 5.77. The third kappa shape index (κ3) is 2.97. The van der Waals surface area contributed by atoms with E-state index < -0.39 is 0 Å². The number of hydrogen-bond donors (Lipinski definition) is 2. The zero-order valence-electron chi connectivity index (χ0n) is 12.0. The number of hydrogen-bond acceptors (Lipinski definition) is 5. The van der Waals surface area contributed by atoms with Crippen LogP contribution in [0.1, 0.15) is 31.4 Å². The van der Waals surface area contributed by atoms with Gasteiger partial charge in [0.05, 0.1) is 18.4 Å². The predicted octanol–water partition coefficient (Wildman–Crippen LogP) is 3.66. The minimum absolute atomic E-state index is 0.170. The van der Waals surface area contributed by atoms with Gasteiger partial charge in [-0.15, -0.1) is 0 Å². The minimum Gasteiger partial charge on any atom is -0.506 e. The Morgan fingerprint density at radius 3 is 2.81 bits per heavy atom. The van der Waals surface area contributed by atoms with Crippen LogP contribution < -0.4 is 5.32 Å². The Morgan fingerprint density at radius 1 is 1.24 bits per heavy atom. The summed E-state index contributed by atoms with van der Waals surface area (Å²) >= 11 is 0. The van der Waals surface area contributed by atoms with Gasteiger partial charge in [-0.2, -0.15) is 0 Å². The average Bonchev–Trinajstić information content (AvgIpc) is 2.90. The Hall–Kier alpha value is -2.56. The molecule has 0 amide bonds. The van der Waals surface area contributed by atoms with E-state index in [1.807, 2.05) is 18.2 Å². The smallest absolute Gasteiger partial charge is 0.198 e.